The van der Waals surface area contributed by atoms with Crippen LogP contribution in [0.5, 0.6) is 0 Å². The molecular formula is C15H15FN4O. The Morgan fingerprint density at radius 1 is 1.43 bits per heavy atom. The van der Waals surface area contributed by atoms with E-state index in [9.17, 15) is 9.18 Å². The van der Waals surface area contributed by atoms with Crippen LogP contribution >= 0.6 is 0 Å². The van der Waals surface area contributed by atoms with Gasteiger partial charge in [0.2, 0.25) is 0 Å². The average molecular weight is 286 g/mol. The van der Waals surface area contributed by atoms with Gasteiger partial charge in [0.1, 0.15) is 5.82 Å². The second kappa shape index (κ2) is 6.18. The van der Waals surface area contributed by atoms with Crippen LogP contribution in [0.4, 0.5) is 10.1 Å². The summed E-state index contributed by atoms with van der Waals surface area (Å²) in [6, 6.07) is 7.32. The van der Waals surface area contributed by atoms with Crippen molar-refractivity contribution in [2.24, 2.45) is 0 Å². The van der Waals surface area contributed by atoms with Gasteiger partial charge >= 0.3 is 0 Å². The van der Waals surface area contributed by atoms with Crippen molar-refractivity contribution in [1.82, 2.24) is 9.78 Å². The summed E-state index contributed by atoms with van der Waals surface area (Å²) in [7, 11) is 1.86. The summed E-state index contributed by atoms with van der Waals surface area (Å²) in [5, 5.41) is 13.1. The van der Waals surface area contributed by atoms with E-state index in [0.29, 0.717) is 11.1 Å². The van der Waals surface area contributed by atoms with Crippen LogP contribution in [0.1, 0.15) is 18.1 Å². The van der Waals surface area contributed by atoms with Gasteiger partial charge in [-0.3, -0.25) is 4.79 Å². The molecule has 108 valence electrons. The van der Waals surface area contributed by atoms with Crippen molar-refractivity contribution in [3.63, 3.8) is 0 Å². The molecule has 0 aliphatic carbocycles. The van der Waals surface area contributed by atoms with Gasteiger partial charge in [0, 0.05) is 19.7 Å². The molecule has 0 aliphatic heterocycles. The van der Waals surface area contributed by atoms with Crippen LogP contribution < -0.4 is 10.5 Å². The maximum Gasteiger partial charge on any atom is 0.269 e. The molecule has 0 unspecified atom stereocenters. The van der Waals surface area contributed by atoms with E-state index < -0.39 is 5.82 Å². The number of anilines is 1. The number of halogens is 1. The molecule has 0 N–H and O–H groups in total. The highest BCUT2D eigenvalue weighted by atomic mass is 19.1. The minimum Gasteiger partial charge on any atom is -0.373 e. The molecule has 0 atom stereocenters. The second-order valence-corrected chi connectivity index (χ2v) is 4.64. The molecular weight excluding hydrogens is 271 g/mol. The van der Waals surface area contributed by atoms with Crippen LogP contribution in [-0.2, 0) is 6.54 Å². The Kier molecular flexibility index (Phi) is 4.33. The number of hydrogen-bond donors (Lipinski definition) is 0. The lowest BCUT2D eigenvalue weighted by atomic mass is 10.1. The topological polar surface area (TPSA) is 61.9 Å². The first-order valence-electron chi connectivity index (χ1n) is 6.52. The van der Waals surface area contributed by atoms with Crippen molar-refractivity contribution in [3.05, 3.63) is 57.8 Å². The Labute approximate surface area is 121 Å². The highest BCUT2D eigenvalue weighted by Gasteiger charge is 2.08. The fourth-order valence-electron chi connectivity index (χ4n) is 1.90. The van der Waals surface area contributed by atoms with Crippen LogP contribution in [0.3, 0.4) is 0 Å². The van der Waals surface area contributed by atoms with Crippen molar-refractivity contribution in [2.45, 2.75) is 13.5 Å². The van der Waals surface area contributed by atoms with Crippen molar-refractivity contribution in [2.75, 3.05) is 18.5 Å². The largest absolute Gasteiger partial charge is 0.373 e. The monoisotopic (exact) mass is 286 g/mol. The Hall–Kier alpha value is -2.68. The number of nitrogens with zero attached hydrogens (tertiary/aromatic N) is 4. The number of nitriles is 1. The third-order valence-electron chi connectivity index (χ3n) is 3.28. The van der Waals surface area contributed by atoms with Crippen LogP contribution in [0.15, 0.2) is 35.3 Å². The Morgan fingerprint density at radius 2 is 2.19 bits per heavy atom. The summed E-state index contributed by atoms with van der Waals surface area (Å²) in [6.45, 7) is 2.79. The molecule has 0 bridgehead atoms. The number of hydrogen-bond acceptors (Lipinski definition) is 4. The van der Waals surface area contributed by atoms with Crippen LogP contribution in [0, 0.1) is 17.1 Å². The van der Waals surface area contributed by atoms with Gasteiger partial charge < -0.3 is 4.90 Å². The predicted octanol–water partition coefficient (Wildman–Crippen LogP) is 1.76. The molecule has 0 fully saturated rings. The molecule has 1 heterocycles. The number of rotatable bonds is 4. The van der Waals surface area contributed by atoms with E-state index in [1.165, 1.54) is 28.9 Å². The molecule has 21 heavy (non-hydrogen) atoms. The smallest absolute Gasteiger partial charge is 0.269 e. The van der Waals surface area contributed by atoms with Gasteiger partial charge in [-0.2, -0.15) is 10.4 Å². The third-order valence-corrected chi connectivity index (χ3v) is 3.28. The lowest BCUT2D eigenvalue weighted by Gasteiger charge is -2.16. The van der Waals surface area contributed by atoms with E-state index in [1.54, 1.807) is 6.20 Å². The summed E-state index contributed by atoms with van der Waals surface area (Å²) in [4.78, 5) is 13.9. The van der Waals surface area contributed by atoms with Gasteiger partial charge in [0.15, 0.2) is 0 Å². The standard InChI is InChI=1S/C15H15FN4O/c1-3-19(2)14-7-15(21)20(18-9-14)10-12-6-13(16)5-4-11(12)8-17/h4-7,9H,3,10H2,1-2H3. The van der Waals surface area contributed by atoms with Crippen molar-refractivity contribution >= 4 is 5.69 Å². The van der Waals surface area contributed by atoms with E-state index in [4.69, 9.17) is 5.26 Å². The first-order valence-corrected chi connectivity index (χ1v) is 6.52. The van der Waals surface area contributed by atoms with Crippen LogP contribution in [0.25, 0.3) is 0 Å². The fraction of sp³-hybridized carbons (Fsp3) is 0.267. The van der Waals surface area contributed by atoms with Crippen molar-refractivity contribution < 1.29 is 4.39 Å². The molecule has 0 aliphatic rings. The van der Waals surface area contributed by atoms with Crippen LogP contribution in [-0.4, -0.2) is 23.4 Å². The van der Waals surface area contributed by atoms with Crippen molar-refractivity contribution in [1.29, 1.82) is 5.26 Å². The average Bonchev–Trinajstić information content (AvgIpc) is 2.48. The van der Waals surface area contributed by atoms with Gasteiger partial charge in [-0.25, -0.2) is 9.07 Å². The molecule has 0 radical (unpaired) electrons. The highest BCUT2D eigenvalue weighted by molar-refractivity contribution is 5.42. The summed E-state index contributed by atoms with van der Waals surface area (Å²) in [5.74, 6) is -0.445. The normalized spacial score (nSPS) is 10.2. The van der Waals surface area contributed by atoms with Crippen LogP contribution in [0.2, 0.25) is 0 Å². The molecule has 5 nitrogen and oxygen atoms in total. The first-order chi connectivity index (χ1) is 10.0. The fourth-order valence-corrected chi connectivity index (χ4v) is 1.90. The number of benzene rings is 1. The second-order valence-electron chi connectivity index (χ2n) is 4.64. The summed E-state index contributed by atoms with van der Waals surface area (Å²) in [6.07, 6.45) is 1.58. The maximum atomic E-state index is 13.3. The molecule has 0 saturated heterocycles. The van der Waals surface area contributed by atoms with Gasteiger partial charge in [0.25, 0.3) is 5.56 Å². The summed E-state index contributed by atoms with van der Waals surface area (Å²) in [5.41, 5.74) is 1.20. The minimum atomic E-state index is -0.445. The summed E-state index contributed by atoms with van der Waals surface area (Å²) >= 11 is 0. The first kappa shape index (κ1) is 14.7. The van der Waals surface area contributed by atoms with E-state index >= 15 is 0 Å². The zero-order chi connectivity index (χ0) is 15.4. The van der Waals surface area contributed by atoms with Gasteiger partial charge in [-0.05, 0) is 30.7 Å². The van der Waals surface area contributed by atoms with Gasteiger partial charge in [0.05, 0.1) is 30.1 Å². The lowest BCUT2D eigenvalue weighted by Crippen LogP contribution is -2.26. The highest BCUT2D eigenvalue weighted by Crippen LogP contribution is 2.12. The Balaban J connectivity index is 2.35. The molecule has 2 aromatic rings. The van der Waals surface area contributed by atoms with Crippen molar-refractivity contribution in [3.8, 4) is 6.07 Å². The number of aromatic nitrogens is 2. The quantitative estimate of drug-likeness (QED) is 0.859. The lowest BCUT2D eigenvalue weighted by molar-refractivity contribution is 0.609. The van der Waals surface area contributed by atoms with E-state index in [-0.39, 0.29) is 12.1 Å². The maximum absolute atomic E-state index is 13.3. The Morgan fingerprint density at radius 3 is 2.81 bits per heavy atom. The van der Waals surface area contributed by atoms with Gasteiger partial charge in [-0.1, -0.05) is 0 Å². The molecule has 1 aromatic heterocycles. The zero-order valence-corrected chi connectivity index (χ0v) is 11.9. The molecule has 2 rings (SSSR count). The minimum absolute atomic E-state index is 0.0651. The van der Waals surface area contributed by atoms with E-state index in [2.05, 4.69) is 5.10 Å². The van der Waals surface area contributed by atoms with E-state index in [1.807, 2.05) is 24.9 Å². The SMILES string of the molecule is CCN(C)c1cnn(Cc2cc(F)ccc2C#N)c(=O)c1. The molecule has 0 spiro atoms. The van der Waals surface area contributed by atoms with Gasteiger partial charge in [-0.15, -0.1) is 0 Å². The molecule has 6 heteroatoms. The van der Waals surface area contributed by atoms with E-state index in [0.717, 1.165) is 12.2 Å². The third kappa shape index (κ3) is 3.26. The molecule has 0 amide bonds. The molecule has 1 aromatic carbocycles. The predicted molar refractivity (Wildman–Crippen MR) is 77.7 cm³/mol. The summed E-state index contributed by atoms with van der Waals surface area (Å²) < 4.78 is 14.5. The molecule has 0 saturated carbocycles. The zero-order valence-electron chi connectivity index (χ0n) is 11.9. The Bertz CT molecular complexity index is 748.